The number of phenolic OH excluding ortho intramolecular Hbond substituents is 1. The molecule has 1 fully saturated rings. The minimum Gasteiger partial charge on any atom is -0.508 e. The van der Waals surface area contributed by atoms with Crippen LogP contribution in [0.3, 0.4) is 0 Å². The topological polar surface area (TPSA) is 23.5 Å². The average molecular weight is 209 g/mol. The normalized spacial score (nSPS) is 21.5. The molecule has 0 aliphatic carbocycles. The fourth-order valence-electron chi connectivity index (χ4n) is 2.09. The van der Waals surface area contributed by atoms with E-state index in [1.165, 1.54) is 0 Å². The van der Waals surface area contributed by atoms with E-state index < -0.39 is 5.67 Å². The third-order valence-electron chi connectivity index (χ3n) is 3.17. The van der Waals surface area contributed by atoms with E-state index in [0.29, 0.717) is 18.4 Å². The molecule has 1 aliphatic heterocycles. The van der Waals surface area contributed by atoms with Gasteiger partial charge in [-0.05, 0) is 26.0 Å². The minimum atomic E-state index is -1.35. The van der Waals surface area contributed by atoms with Gasteiger partial charge in [0, 0.05) is 18.7 Å². The number of nitrogens with zero attached hydrogens (tertiary/aromatic N) is 1. The molecule has 0 atom stereocenters. The van der Waals surface area contributed by atoms with E-state index in [1.807, 2.05) is 7.05 Å². The van der Waals surface area contributed by atoms with Crippen LogP contribution in [0.15, 0.2) is 24.3 Å². The molecule has 2 nitrogen and oxygen atoms in total. The summed E-state index contributed by atoms with van der Waals surface area (Å²) < 4.78 is 14.6. The lowest BCUT2D eigenvalue weighted by molar-refractivity contribution is 0.0651. The van der Waals surface area contributed by atoms with E-state index in [-0.39, 0.29) is 5.75 Å². The van der Waals surface area contributed by atoms with Crippen LogP contribution < -0.4 is 0 Å². The van der Waals surface area contributed by atoms with Gasteiger partial charge in [0.1, 0.15) is 11.4 Å². The molecule has 3 heteroatoms. The Balaban J connectivity index is 2.26. The van der Waals surface area contributed by atoms with Gasteiger partial charge in [-0.25, -0.2) is 4.39 Å². The predicted molar refractivity (Wildman–Crippen MR) is 57.6 cm³/mol. The van der Waals surface area contributed by atoms with Gasteiger partial charge in [0.15, 0.2) is 0 Å². The fraction of sp³-hybridized carbons (Fsp3) is 0.500. The first-order valence-corrected chi connectivity index (χ1v) is 5.28. The van der Waals surface area contributed by atoms with Crippen LogP contribution in [0, 0.1) is 0 Å². The molecule has 82 valence electrons. The molecule has 0 saturated carbocycles. The Labute approximate surface area is 89.3 Å². The number of halogens is 1. The molecule has 0 amide bonds. The van der Waals surface area contributed by atoms with E-state index in [1.54, 1.807) is 24.3 Å². The molecule has 0 unspecified atom stereocenters. The van der Waals surface area contributed by atoms with Gasteiger partial charge in [-0.15, -0.1) is 0 Å². The summed E-state index contributed by atoms with van der Waals surface area (Å²) in [5.74, 6) is 0.0737. The van der Waals surface area contributed by atoms with Crippen molar-refractivity contribution < 1.29 is 9.50 Å². The van der Waals surface area contributed by atoms with Crippen molar-refractivity contribution in [2.75, 3.05) is 20.1 Å². The number of phenols is 1. The smallest absolute Gasteiger partial charge is 0.142 e. The maximum absolute atomic E-state index is 14.6. The Morgan fingerprint density at radius 2 is 1.87 bits per heavy atom. The molecule has 0 bridgehead atoms. The van der Waals surface area contributed by atoms with Crippen molar-refractivity contribution in [3.8, 4) is 5.75 Å². The highest BCUT2D eigenvalue weighted by Gasteiger charge is 2.37. The second-order valence-electron chi connectivity index (χ2n) is 4.29. The Morgan fingerprint density at radius 1 is 1.27 bits per heavy atom. The fourth-order valence-corrected chi connectivity index (χ4v) is 2.09. The lowest BCUT2D eigenvalue weighted by atomic mass is 9.86. The predicted octanol–water partition coefficient (Wildman–Crippen LogP) is 2.28. The minimum absolute atomic E-state index is 0.0737. The molecule has 1 aliphatic rings. The van der Waals surface area contributed by atoms with Crippen molar-refractivity contribution >= 4 is 0 Å². The van der Waals surface area contributed by atoms with Crippen molar-refractivity contribution in [1.82, 2.24) is 4.90 Å². The molecular weight excluding hydrogens is 193 g/mol. The quantitative estimate of drug-likeness (QED) is 0.767. The molecule has 1 aromatic rings. The zero-order chi connectivity index (χ0) is 10.9. The maximum atomic E-state index is 14.6. The first-order chi connectivity index (χ1) is 7.12. The summed E-state index contributed by atoms with van der Waals surface area (Å²) in [7, 11) is 1.99. The van der Waals surface area contributed by atoms with Crippen LogP contribution in [0.25, 0.3) is 0 Å². The highest BCUT2D eigenvalue weighted by Crippen LogP contribution is 2.40. The van der Waals surface area contributed by atoms with Crippen LogP contribution >= 0.6 is 0 Å². The maximum Gasteiger partial charge on any atom is 0.142 e. The van der Waals surface area contributed by atoms with Crippen molar-refractivity contribution in [3.63, 3.8) is 0 Å². The van der Waals surface area contributed by atoms with E-state index in [0.717, 1.165) is 13.1 Å². The number of aromatic hydroxyl groups is 1. The zero-order valence-corrected chi connectivity index (χ0v) is 8.91. The average Bonchev–Trinajstić information content (AvgIpc) is 2.23. The number of hydrogen-bond donors (Lipinski definition) is 1. The summed E-state index contributed by atoms with van der Waals surface area (Å²) >= 11 is 0. The van der Waals surface area contributed by atoms with Gasteiger partial charge in [-0.3, -0.25) is 0 Å². The summed E-state index contributed by atoms with van der Waals surface area (Å²) in [6.45, 7) is 1.48. The number of alkyl halides is 1. The second-order valence-corrected chi connectivity index (χ2v) is 4.29. The van der Waals surface area contributed by atoms with Gasteiger partial charge in [-0.2, -0.15) is 0 Å². The number of rotatable bonds is 1. The van der Waals surface area contributed by atoms with Gasteiger partial charge >= 0.3 is 0 Å². The summed E-state index contributed by atoms with van der Waals surface area (Å²) in [5.41, 5.74) is -0.907. The van der Waals surface area contributed by atoms with Crippen molar-refractivity contribution in [2.45, 2.75) is 18.5 Å². The lowest BCUT2D eigenvalue weighted by Gasteiger charge is -2.35. The molecule has 2 rings (SSSR count). The molecule has 1 aromatic carbocycles. The van der Waals surface area contributed by atoms with Crippen molar-refractivity contribution in [2.24, 2.45) is 0 Å². The summed E-state index contributed by atoms with van der Waals surface area (Å²) in [6.07, 6.45) is 0.919. The Hall–Kier alpha value is -1.09. The highest BCUT2D eigenvalue weighted by molar-refractivity contribution is 5.37. The van der Waals surface area contributed by atoms with Gasteiger partial charge < -0.3 is 10.0 Å². The molecule has 0 spiro atoms. The molecule has 0 radical (unpaired) electrons. The monoisotopic (exact) mass is 209 g/mol. The van der Waals surface area contributed by atoms with Crippen LogP contribution in [0.5, 0.6) is 5.75 Å². The third kappa shape index (κ3) is 1.97. The molecule has 1 N–H and O–H groups in total. The number of hydrogen-bond acceptors (Lipinski definition) is 2. The summed E-state index contributed by atoms with van der Waals surface area (Å²) in [6, 6.07) is 6.72. The van der Waals surface area contributed by atoms with Gasteiger partial charge in [0.05, 0.1) is 0 Å². The Morgan fingerprint density at radius 3 is 2.47 bits per heavy atom. The molecule has 1 saturated heterocycles. The van der Waals surface area contributed by atoms with Gasteiger partial charge in [0.25, 0.3) is 0 Å². The first kappa shape index (κ1) is 10.4. The standard InChI is InChI=1S/C12H16FNO/c1-14-8-6-12(13,7-9-14)10-4-2-3-5-11(10)15/h2-5,15H,6-9H2,1H3. The first-order valence-electron chi connectivity index (χ1n) is 5.28. The van der Waals surface area contributed by atoms with Gasteiger partial charge in [0.2, 0.25) is 0 Å². The number of benzene rings is 1. The number of piperidine rings is 1. The second kappa shape index (κ2) is 3.81. The van der Waals surface area contributed by atoms with E-state index >= 15 is 0 Å². The van der Waals surface area contributed by atoms with Gasteiger partial charge in [-0.1, -0.05) is 18.2 Å². The van der Waals surface area contributed by atoms with Crippen LogP contribution in [0.2, 0.25) is 0 Å². The van der Waals surface area contributed by atoms with E-state index in [2.05, 4.69) is 4.90 Å². The van der Waals surface area contributed by atoms with Crippen molar-refractivity contribution in [1.29, 1.82) is 0 Å². The zero-order valence-electron chi connectivity index (χ0n) is 8.91. The highest BCUT2D eigenvalue weighted by atomic mass is 19.1. The number of likely N-dealkylation sites (tertiary alicyclic amines) is 1. The molecule has 15 heavy (non-hydrogen) atoms. The van der Waals surface area contributed by atoms with E-state index in [4.69, 9.17) is 0 Å². The molecule has 0 aromatic heterocycles. The van der Waals surface area contributed by atoms with Crippen molar-refractivity contribution in [3.05, 3.63) is 29.8 Å². The SMILES string of the molecule is CN1CCC(F)(c2ccccc2O)CC1. The lowest BCUT2D eigenvalue weighted by Crippen LogP contribution is -2.38. The Kier molecular flexibility index (Phi) is 2.65. The summed E-state index contributed by atoms with van der Waals surface area (Å²) in [5, 5.41) is 9.64. The molecular formula is C12H16FNO. The van der Waals surface area contributed by atoms with Crippen LogP contribution in [0.4, 0.5) is 4.39 Å². The molecule has 1 heterocycles. The Bertz CT molecular complexity index is 345. The van der Waals surface area contributed by atoms with E-state index in [9.17, 15) is 9.50 Å². The number of para-hydroxylation sites is 1. The van der Waals surface area contributed by atoms with Crippen LogP contribution in [-0.2, 0) is 5.67 Å². The summed E-state index contributed by atoms with van der Waals surface area (Å²) in [4.78, 5) is 2.11. The van der Waals surface area contributed by atoms with Crippen LogP contribution in [0.1, 0.15) is 18.4 Å². The van der Waals surface area contributed by atoms with Crippen LogP contribution in [-0.4, -0.2) is 30.1 Å². The largest absolute Gasteiger partial charge is 0.508 e. The third-order valence-corrected chi connectivity index (χ3v) is 3.17.